The first-order chi connectivity index (χ1) is 13.0. The first kappa shape index (κ1) is 18.1. The highest BCUT2D eigenvalue weighted by Gasteiger charge is 2.04. The van der Waals surface area contributed by atoms with E-state index in [0.717, 1.165) is 16.5 Å². The molecule has 0 aliphatic heterocycles. The van der Waals surface area contributed by atoms with Crippen LogP contribution < -0.4 is 10.9 Å². The van der Waals surface area contributed by atoms with E-state index in [4.69, 9.17) is 0 Å². The minimum absolute atomic E-state index is 0.0336. The molecule has 0 radical (unpaired) electrons. The van der Waals surface area contributed by atoms with Crippen molar-refractivity contribution in [3.05, 3.63) is 92.3 Å². The van der Waals surface area contributed by atoms with Crippen LogP contribution in [-0.2, 0) is 11.2 Å². The summed E-state index contributed by atoms with van der Waals surface area (Å²) in [7, 11) is 0. The molecule has 7 nitrogen and oxygen atoms in total. The molecule has 0 spiro atoms. The van der Waals surface area contributed by atoms with Crippen LogP contribution in [0.1, 0.15) is 11.1 Å². The Morgan fingerprint density at radius 2 is 1.89 bits per heavy atom. The second-order valence-corrected chi connectivity index (χ2v) is 5.94. The molecule has 0 saturated carbocycles. The number of carbonyl (C=O) groups excluding carboxylic acids is 1. The monoisotopic (exact) mass is 363 g/mol. The summed E-state index contributed by atoms with van der Waals surface area (Å²) in [5.74, 6) is -0.315. The molecule has 0 unspecified atom stereocenters. The number of rotatable bonds is 6. The molecule has 0 aliphatic carbocycles. The molecule has 3 aromatic rings. The number of hydrogen-bond donors (Lipinski definition) is 2. The zero-order chi connectivity index (χ0) is 19.2. The Hall–Kier alpha value is -3.74. The van der Waals surface area contributed by atoms with Crippen molar-refractivity contribution in [2.24, 2.45) is 0 Å². The van der Waals surface area contributed by atoms with Gasteiger partial charge in [-0.25, -0.2) is 0 Å². The fourth-order valence-corrected chi connectivity index (χ4v) is 2.63. The maximum absolute atomic E-state index is 12.0. The Bertz CT molecular complexity index is 1070. The van der Waals surface area contributed by atoms with Gasteiger partial charge in [-0.2, -0.15) is 0 Å². The summed E-state index contributed by atoms with van der Waals surface area (Å²) in [6.07, 6.45) is 3.34. The number of nitrogens with zero attached hydrogens (tertiary/aromatic N) is 1. The number of aromatic amines is 1. The topological polar surface area (TPSA) is 105 Å². The van der Waals surface area contributed by atoms with Gasteiger partial charge in [0.25, 0.3) is 11.2 Å². The van der Waals surface area contributed by atoms with E-state index in [1.165, 1.54) is 24.3 Å². The Morgan fingerprint density at radius 1 is 1.15 bits per heavy atom. The first-order valence-corrected chi connectivity index (χ1v) is 8.34. The van der Waals surface area contributed by atoms with Gasteiger partial charge in [-0.15, -0.1) is 0 Å². The summed E-state index contributed by atoms with van der Waals surface area (Å²) >= 11 is 0. The molecule has 0 bridgehead atoms. The van der Waals surface area contributed by atoms with Crippen molar-refractivity contribution < 1.29 is 9.72 Å². The molecule has 3 rings (SSSR count). The number of fused-ring (bicyclic) bond motifs is 1. The summed E-state index contributed by atoms with van der Waals surface area (Å²) in [6, 6.07) is 15.3. The van der Waals surface area contributed by atoms with Crippen molar-refractivity contribution >= 4 is 28.6 Å². The predicted molar refractivity (Wildman–Crippen MR) is 103 cm³/mol. The summed E-state index contributed by atoms with van der Waals surface area (Å²) in [5.41, 5.74) is 1.80. The van der Waals surface area contributed by atoms with Gasteiger partial charge in [0, 0.05) is 35.8 Å². The standard InChI is InChI=1S/C20H17N3O4/c24-19(21-12-11-14-5-8-17(9-6-14)23(26)27)10-7-16-13-15-3-1-2-4-18(15)22-20(16)25/h1-10,13H,11-12H2,(H,21,24)(H,22,25)/b10-7+. The first-order valence-electron chi connectivity index (χ1n) is 8.34. The van der Waals surface area contributed by atoms with Gasteiger partial charge in [0.2, 0.25) is 5.91 Å². The average Bonchev–Trinajstić information content (AvgIpc) is 2.66. The van der Waals surface area contributed by atoms with E-state index in [1.54, 1.807) is 18.2 Å². The van der Waals surface area contributed by atoms with Crippen molar-refractivity contribution in [2.45, 2.75) is 6.42 Å². The maximum Gasteiger partial charge on any atom is 0.269 e. The molecular weight excluding hydrogens is 346 g/mol. The second kappa shape index (κ2) is 8.09. The molecule has 27 heavy (non-hydrogen) atoms. The molecule has 136 valence electrons. The molecule has 1 aromatic heterocycles. The highest BCUT2D eigenvalue weighted by Crippen LogP contribution is 2.12. The van der Waals surface area contributed by atoms with E-state index in [2.05, 4.69) is 10.3 Å². The summed E-state index contributed by atoms with van der Waals surface area (Å²) < 4.78 is 0. The number of H-pyrrole nitrogens is 1. The van der Waals surface area contributed by atoms with E-state index in [9.17, 15) is 19.7 Å². The molecule has 2 aromatic carbocycles. The lowest BCUT2D eigenvalue weighted by molar-refractivity contribution is -0.384. The van der Waals surface area contributed by atoms with Crippen LogP contribution in [0.5, 0.6) is 0 Å². The summed E-state index contributed by atoms with van der Waals surface area (Å²) in [6.45, 7) is 0.384. The third kappa shape index (κ3) is 4.66. The molecule has 1 heterocycles. The molecule has 0 fully saturated rings. The highest BCUT2D eigenvalue weighted by molar-refractivity contribution is 5.92. The summed E-state index contributed by atoms with van der Waals surface area (Å²) in [5, 5.41) is 14.2. The van der Waals surface area contributed by atoms with E-state index < -0.39 is 4.92 Å². The normalized spacial score (nSPS) is 11.0. The quantitative estimate of drug-likeness (QED) is 0.399. The van der Waals surface area contributed by atoms with Crippen LogP contribution in [-0.4, -0.2) is 22.4 Å². The fourth-order valence-electron chi connectivity index (χ4n) is 2.63. The van der Waals surface area contributed by atoms with Crippen LogP contribution in [0.2, 0.25) is 0 Å². The fraction of sp³-hybridized carbons (Fsp3) is 0.100. The van der Waals surface area contributed by atoms with E-state index in [0.29, 0.717) is 18.5 Å². The minimum Gasteiger partial charge on any atom is -0.352 e. The van der Waals surface area contributed by atoms with Gasteiger partial charge in [0.1, 0.15) is 0 Å². The SMILES string of the molecule is O=C(/C=C/c1cc2ccccc2[nH]c1=O)NCCc1ccc([N+](=O)[O-])cc1. The lowest BCUT2D eigenvalue weighted by Crippen LogP contribution is -2.23. The number of pyridine rings is 1. The van der Waals surface area contributed by atoms with Crippen molar-refractivity contribution in [1.82, 2.24) is 10.3 Å². The van der Waals surface area contributed by atoms with E-state index in [1.807, 2.05) is 24.3 Å². The van der Waals surface area contributed by atoms with Gasteiger partial charge < -0.3 is 10.3 Å². The van der Waals surface area contributed by atoms with Gasteiger partial charge >= 0.3 is 0 Å². The summed E-state index contributed by atoms with van der Waals surface area (Å²) in [4.78, 5) is 36.9. The van der Waals surface area contributed by atoms with Crippen molar-refractivity contribution in [2.75, 3.05) is 6.54 Å². The van der Waals surface area contributed by atoms with Crippen molar-refractivity contribution in [1.29, 1.82) is 0 Å². The lowest BCUT2D eigenvalue weighted by Gasteiger charge is -2.03. The number of non-ortho nitro benzene ring substituents is 1. The Balaban J connectivity index is 1.57. The van der Waals surface area contributed by atoms with Crippen LogP contribution in [0.15, 0.2) is 65.5 Å². The zero-order valence-electron chi connectivity index (χ0n) is 14.3. The maximum atomic E-state index is 12.0. The predicted octanol–water partition coefficient (Wildman–Crippen LogP) is 2.81. The molecule has 0 saturated heterocycles. The third-order valence-electron chi connectivity index (χ3n) is 4.06. The van der Waals surface area contributed by atoms with Crippen LogP contribution >= 0.6 is 0 Å². The zero-order valence-corrected chi connectivity index (χ0v) is 14.3. The van der Waals surface area contributed by atoms with Gasteiger partial charge in [0.05, 0.1) is 4.92 Å². The molecule has 2 N–H and O–H groups in total. The Labute approximate surface area is 154 Å². The van der Waals surface area contributed by atoms with Gasteiger partial charge in [0.15, 0.2) is 0 Å². The van der Waals surface area contributed by atoms with Gasteiger partial charge in [-0.05, 0) is 35.6 Å². The number of hydrogen-bond acceptors (Lipinski definition) is 4. The Kier molecular flexibility index (Phi) is 5.41. The third-order valence-corrected chi connectivity index (χ3v) is 4.06. The molecule has 7 heteroatoms. The number of nitrogens with one attached hydrogen (secondary N) is 2. The van der Waals surface area contributed by atoms with E-state index >= 15 is 0 Å². The number of para-hydroxylation sites is 1. The average molecular weight is 363 g/mol. The van der Waals surface area contributed by atoms with Crippen molar-refractivity contribution in [3.8, 4) is 0 Å². The number of carbonyl (C=O) groups is 1. The van der Waals surface area contributed by atoms with Crippen LogP contribution in [0.3, 0.4) is 0 Å². The smallest absolute Gasteiger partial charge is 0.269 e. The van der Waals surface area contributed by atoms with Crippen LogP contribution in [0.4, 0.5) is 5.69 Å². The van der Waals surface area contributed by atoms with E-state index in [-0.39, 0.29) is 17.2 Å². The molecule has 0 aliphatic rings. The van der Waals surface area contributed by atoms with Crippen molar-refractivity contribution in [3.63, 3.8) is 0 Å². The van der Waals surface area contributed by atoms with Gasteiger partial charge in [-0.1, -0.05) is 30.3 Å². The second-order valence-electron chi connectivity index (χ2n) is 5.94. The molecule has 1 amide bonds. The number of amides is 1. The number of benzene rings is 2. The lowest BCUT2D eigenvalue weighted by atomic mass is 10.1. The molecule has 0 atom stereocenters. The Morgan fingerprint density at radius 3 is 2.63 bits per heavy atom. The highest BCUT2D eigenvalue weighted by atomic mass is 16.6. The number of nitro groups is 1. The number of aromatic nitrogens is 1. The molecular formula is C20H17N3O4. The van der Waals surface area contributed by atoms with Crippen LogP contribution in [0.25, 0.3) is 17.0 Å². The van der Waals surface area contributed by atoms with Gasteiger partial charge in [-0.3, -0.25) is 19.7 Å². The van der Waals surface area contributed by atoms with Crippen LogP contribution in [0, 0.1) is 10.1 Å². The number of nitro benzene ring substituents is 1. The largest absolute Gasteiger partial charge is 0.352 e. The minimum atomic E-state index is -0.454.